The summed E-state index contributed by atoms with van der Waals surface area (Å²) in [6, 6.07) is 17.5. The van der Waals surface area contributed by atoms with Gasteiger partial charge in [-0.3, -0.25) is 14.9 Å². The fourth-order valence-corrected chi connectivity index (χ4v) is 3.11. The van der Waals surface area contributed by atoms with Crippen LogP contribution in [0.3, 0.4) is 0 Å². The van der Waals surface area contributed by atoms with Gasteiger partial charge in [-0.05, 0) is 72.0 Å². The largest absolute Gasteiger partial charge is 0.483 e. The minimum atomic E-state index is -0.636. The minimum absolute atomic E-state index is 0.112. The number of hydrazone groups is 1. The Balaban J connectivity index is 1.49. The number of aryl methyl sites for hydroxylation is 1. The highest BCUT2D eigenvalue weighted by Gasteiger charge is 2.12. The number of nitro benzene ring substituents is 1. The number of rotatable bonds is 9. The normalized spacial score (nSPS) is 10.9. The first kappa shape index (κ1) is 25.1. The van der Waals surface area contributed by atoms with E-state index < -0.39 is 16.8 Å². The highest BCUT2D eigenvalue weighted by molar-refractivity contribution is 5.91. The standard InChI is InChI=1S/C26H25N3O6/c1-17(2)23-13-4-18(3)14-24(23)34-16-25(30)28-27-15-19-5-11-22(12-6-19)35-26(31)20-7-9-21(10-8-20)29(32)33/h4-15,17H,16H2,1-3H3,(H,28,30)/b27-15+. The van der Waals surface area contributed by atoms with Crippen LogP contribution in [0.2, 0.25) is 0 Å². The molecule has 0 aliphatic rings. The maximum absolute atomic E-state index is 12.2. The second-order valence-corrected chi connectivity index (χ2v) is 8.04. The van der Waals surface area contributed by atoms with E-state index in [-0.39, 0.29) is 23.8 Å². The maximum Gasteiger partial charge on any atom is 0.343 e. The lowest BCUT2D eigenvalue weighted by atomic mass is 10.0. The molecule has 35 heavy (non-hydrogen) atoms. The quantitative estimate of drug-likeness (QED) is 0.156. The van der Waals surface area contributed by atoms with Crippen molar-refractivity contribution in [2.24, 2.45) is 5.10 Å². The molecule has 0 saturated heterocycles. The van der Waals surface area contributed by atoms with E-state index in [9.17, 15) is 19.7 Å². The van der Waals surface area contributed by atoms with Crippen molar-refractivity contribution in [3.8, 4) is 11.5 Å². The molecule has 1 amide bonds. The van der Waals surface area contributed by atoms with Gasteiger partial charge in [0, 0.05) is 12.1 Å². The fourth-order valence-electron chi connectivity index (χ4n) is 3.11. The summed E-state index contributed by atoms with van der Waals surface area (Å²) in [6.45, 7) is 5.91. The number of carbonyl (C=O) groups is 2. The number of hydrogen-bond acceptors (Lipinski definition) is 7. The van der Waals surface area contributed by atoms with E-state index in [2.05, 4.69) is 24.4 Å². The summed E-state index contributed by atoms with van der Waals surface area (Å²) in [5, 5.41) is 14.6. The van der Waals surface area contributed by atoms with Crippen LogP contribution in [0.1, 0.15) is 46.8 Å². The van der Waals surface area contributed by atoms with Gasteiger partial charge in [0.05, 0.1) is 16.7 Å². The van der Waals surface area contributed by atoms with Crippen LogP contribution in [-0.2, 0) is 4.79 Å². The first-order valence-corrected chi connectivity index (χ1v) is 10.8. The molecule has 0 unspecified atom stereocenters. The second-order valence-electron chi connectivity index (χ2n) is 8.04. The lowest BCUT2D eigenvalue weighted by Crippen LogP contribution is -2.25. The Labute approximate surface area is 202 Å². The number of esters is 1. The van der Waals surface area contributed by atoms with Gasteiger partial charge in [0.1, 0.15) is 11.5 Å². The van der Waals surface area contributed by atoms with Gasteiger partial charge in [0.25, 0.3) is 11.6 Å². The average molecular weight is 476 g/mol. The molecule has 9 heteroatoms. The zero-order valence-corrected chi connectivity index (χ0v) is 19.6. The summed E-state index contributed by atoms with van der Waals surface area (Å²) >= 11 is 0. The lowest BCUT2D eigenvalue weighted by molar-refractivity contribution is -0.384. The van der Waals surface area contributed by atoms with Crippen molar-refractivity contribution in [1.29, 1.82) is 0 Å². The molecule has 0 heterocycles. The maximum atomic E-state index is 12.2. The summed E-state index contributed by atoms with van der Waals surface area (Å²) < 4.78 is 11.0. The van der Waals surface area contributed by atoms with Crippen molar-refractivity contribution < 1.29 is 24.0 Å². The predicted octanol–water partition coefficient (Wildman–Crippen LogP) is 4.77. The Kier molecular flexibility index (Phi) is 8.29. The highest BCUT2D eigenvalue weighted by atomic mass is 16.6. The summed E-state index contributed by atoms with van der Waals surface area (Å²) in [7, 11) is 0. The molecule has 0 atom stereocenters. The van der Waals surface area contributed by atoms with E-state index in [1.54, 1.807) is 24.3 Å². The minimum Gasteiger partial charge on any atom is -0.483 e. The van der Waals surface area contributed by atoms with Crippen LogP contribution in [0, 0.1) is 17.0 Å². The molecule has 1 N–H and O–H groups in total. The Morgan fingerprint density at radius 1 is 1.06 bits per heavy atom. The number of hydrogen-bond donors (Lipinski definition) is 1. The fraction of sp³-hybridized carbons (Fsp3) is 0.192. The number of nitrogens with zero attached hydrogens (tertiary/aromatic N) is 2. The van der Waals surface area contributed by atoms with Gasteiger partial charge in [-0.25, -0.2) is 10.2 Å². The van der Waals surface area contributed by atoms with Gasteiger partial charge in [0.15, 0.2) is 6.61 Å². The van der Waals surface area contributed by atoms with E-state index in [1.165, 1.54) is 30.5 Å². The molecule has 0 aliphatic carbocycles. The van der Waals surface area contributed by atoms with Gasteiger partial charge >= 0.3 is 5.97 Å². The number of non-ortho nitro benzene ring substituents is 1. The van der Waals surface area contributed by atoms with Crippen LogP contribution < -0.4 is 14.9 Å². The summed E-state index contributed by atoms with van der Waals surface area (Å²) in [5.74, 6) is 0.206. The molecule has 0 spiro atoms. The monoisotopic (exact) mass is 475 g/mol. The van der Waals surface area contributed by atoms with E-state index in [4.69, 9.17) is 9.47 Å². The first-order valence-electron chi connectivity index (χ1n) is 10.8. The number of ether oxygens (including phenoxy) is 2. The Hall–Kier alpha value is -4.53. The van der Waals surface area contributed by atoms with E-state index in [1.807, 2.05) is 25.1 Å². The third kappa shape index (κ3) is 7.23. The number of nitro groups is 1. The zero-order chi connectivity index (χ0) is 25.4. The molecule has 0 radical (unpaired) electrons. The third-order valence-electron chi connectivity index (χ3n) is 4.96. The predicted molar refractivity (Wildman–Crippen MR) is 131 cm³/mol. The molecular weight excluding hydrogens is 450 g/mol. The Morgan fingerprint density at radius 3 is 2.37 bits per heavy atom. The molecular formula is C26H25N3O6. The van der Waals surface area contributed by atoms with Crippen molar-refractivity contribution in [2.75, 3.05) is 6.61 Å². The molecule has 0 aromatic heterocycles. The van der Waals surface area contributed by atoms with Gasteiger partial charge in [-0.15, -0.1) is 0 Å². The molecule has 0 aliphatic heterocycles. The topological polar surface area (TPSA) is 120 Å². The Bertz CT molecular complexity index is 1230. The van der Waals surface area contributed by atoms with Crippen LogP contribution in [-0.4, -0.2) is 29.6 Å². The highest BCUT2D eigenvalue weighted by Crippen LogP contribution is 2.27. The number of carbonyl (C=O) groups excluding carboxylic acids is 2. The third-order valence-corrected chi connectivity index (χ3v) is 4.96. The molecule has 0 fully saturated rings. The van der Waals surface area contributed by atoms with E-state index in [0.29, 0.717) is 17.1 Å². The van der Waals surface area contributed by atoms with Gasteiger partial charge in [-0.2, -0.15) is 5.10 Å². The Morgan fingerprint density at radius 2 is 1.74 bits per heavy atom. The summed E-state index contributed by atoms with van der Waals surface area (Å²) in [6.07, 6.45) is 1.45. The second kappa shape index (κ2) is 11.6. The van der Waals surface area contributed by atoms with Crippen LogP contribution in [0.4, 0.5) is 5.69 Å². The average Bonchev–Trinajstić information content (AvgIpc) is 2.83. The van der Waals surface area contributed by atoms with Crippen LogP contribution in [0.5, 0.6) is 11.5 Å². The molecule has 3 aromatic rings. The number of benzene rings is 3. The molecule has 3 rings (SSSR count). The molecule has 3 aromatic carbocycles. The zero-order valence-electron chi connectivity index (χ0n) is 19.6. The van der Waals surface area contributed by atoms with Crippen molar-refractivity contribution in [3.63, 3.8) is 0 Å². The van der Waals surface area contributed by atoms with E-state index in [0.717, 1.165) is 11.1 Å². The number of nitrogens with one attached hydrogen (secondary N) is 1. The lowest BCUT2D eigenvalue weighted by Gasteiger charge is -2.14. The summed E-state index contributed by atoms with van der Waals surface area (Å²) in [4.78, 5) is 34.4. The van der Waals surface area contributed by atoms with Crippen LogP contribution in [0.25, 0.3) is 0 Å². The van der Waals surface area contributed by atoms with Crippen molar-refractivity contribution in [2.45, 2.75) is 26.7 Å². The number of amides is 1. The van der Waals surface area contributed by atoms with Gasteiger partial charge in [-0.1, -0.05) is 26.0 Å². The smallest absolute Gasteiger partial charge is 0.343 e. The van der Waals surface area contributed by atoms with Gasteiger partial charge in [0.2, 0.25) is 0 Å². The van der Waals surface area contributed by atoms with Crippen molar-refractivity contribution in [3.05, 3.63) is 99.1 Å². The summed E-state index contributed by atoms with van der Waals surface area (Å²) in [5.41, 5.74) is 5.24. The van der Waals surface area contributed by atoms with Crippen LogP contribution in [0.15, 0.2) is 71.8 Å². The SMILES string of the molecule is Cc1ccc(C(C)C)c(OCC(=O)N/N=C/c2ccc(OC(=O)c3ccc([N+](=O)[O-])cc3)cc2)c1. The van der Waals surface area contributed by atoms with Crippen molar-refractivity contribution in [1.82, 2.24) is 5.43 Å². The van der Waals surface area contributed by atoms with Gasteiger partial charge < -0.3 is 9.47 Å². The van der Waals surface area contributed by atoms with E-state index >= 15 is 0 Å². The van der Waals surface area contributed by atoms with Crippen molar-refractivity contribution >= 4 is 23.8 Å². The molecule has 0 bridgehead atoms. The first-order chi connectivity index (χ1) is 16.7. The van der Waals surface area contributed by atoms with Crippen LogP contribution >= 0.6 is 0 Å². The molecule has 9 nitrogen and oxygen atoms in total. The molecule has 180 valence electrons. The molecule has 0 saturated carbocycles.